The molecule has 0 aliphatic carbocycles. The Hall–Kier alpha value is -2.14. The minimum Gasteiger partial charge on any atom is -0.481 e. The second-order valence-electron chi connectivity index (χ2n) is 7.47. The van der Waals surface area contributed by atoms with Gasteiger partial charge in [0.15, 0.2) is 6.35 Å². The lowest BCUT2D eigenvalue weighted by atomic mass is 9.93. The maximum absolute atomic E-state index is 12.6. The number of carbonyl (C=O) groups is 1. The van der Waals surface area contributed by atoms with Gasteiger partial charge in [0, 0.05) is 12.1 Å². The number of carbonyl (C=O) groups excluding carboxylic acids is 1. The van der Waals surface area contributed by atoms with Crippen LogP contribution in [0.25, 0.3) is 0 Å². The van der Waals surface area contributed by atoms with Gasteiger partial charge in [0.05, 0.1) is 13.2 Å². The third-order valence-electron chi connectivity index (χ3n) is 5.16. The number of rotatable bonds is 9. The summed E-state index contributed by atoms with van der Waals surface area (Å²) in [7, 11) is -3.25. The van der Waals surface area contributed by atoms with Crippen LogP contribution in [0, 0.1) is 13.8 Å². The Bertz CT molecular complexity index is 939. The number of hydrogen-bond donors (Lipinski definition) is 1. The number of aryl methyl sites for hydroxylation is 3. The van der Waals surface area contributed by atoms with Crippen molar-refractivity contribution in [1.29, 1.82) is 0 Å². The van der Waals surface area contributed by atoms with E-state index in [4.69, 9.17) is 13.8 Å². The Balaban J connectivity index is 1.73. The van der Waals surface area contributed by atoms with Crippen molar-refractivity contribution in [2.45, 2.75) is 47.0 Å². The van der Waals surface area contributed by atoms with Gasteiger partial charge in [-0.05, 0) is 86.6 Å². The van der Waals surface area contributed by atoms with Gasteiger partial charge in [-0.15, -0.1) is 0 Å². The topological polar surface area (TPSA) is 73.9 Å². The van der Waals surface area contributed by atoms with E-state index < -0.39 is 7.60 Å². The van der Waals surface area contributed by atoms with E-state index in [1.807, 2.05) is 18.2 Å². The number of ether oxygens (including phenoxy) is 1. The fourth-order valence-corrected chi connectivity index (χ4v) is 5.04. The molecular formula is C23H30NO5P. The molecule has 0 unspecified atom stereocenters. The van der Waals surface area contributed by atoms with Crippen molar-refractivity contribution < 1.29 is 23.1 Å². The fourth-order valence-electron chi connectivity index (χ4n) is 3.73. The average Bonchev–Trinajstić information content (AvgIpc) is 2.70. The van der Waals surface area contributed by atoms with E-state index >= 15 is 0 Å². The molecular weight excluding hydrogens is 401 g/mol. The number of hydrogen-bond acceptors (Lipinski definition) is 5. The van der Waals surface area contributed by atoms with Gasteiger partial charge in [-0.3, -0.25) is 9.36 Å². The normalized spacial score (nSPS) is 13.7. The molecule has 1 N–H and O–H groups in total. The van der Waals surface area contributed by atoms with Crippen LogP contribution >= 0.6 is 7.60 Å². The Morgan fingerprint density at radius 1 is 1.00 bits per heavy atom. The first-order valence-corrected chi connectivity index (χ1v) is 12.1. The maximum atomic E-state index is 12.6. The minimum atomic E-state index is -3.25. The van der Waals surface area contributed by atoms with Crippen LogP contribution in [0.3, 0.4) is 0 Å². The van der Waals surface area contributed by atoms with Gasteiger partial charge < -0.3 is 19.1 Å². The molecule has 30 heavy (non-hydrogen) atoms. The van der Waals surface area contributed by atoms with Gasteiger partial charge in [-0.2, -0.15) is 0 Å². The highest BCUT2D eigenvalue weighted by Gasteiger charge is 2.25. The Kier molecular flexibility index (Phi) is 7.35. The second kappa shape index (κ2) is 9.78. The van der Waals surface area contributed by atoms with Crippen LogP contribution in [0.4, 0.5) is 5.69 Å². The molecule has 1 heterocycles. The van der Waals surface area contributed by atoms with Crippen molar-refractivity contribution in [2.75, 3.05) is 24.9 Å². The highest BCUT2D eigenvalue weighted by Crippen LogP contribution is 2.48. The Labute approximate surface area is 178 Å². The molecule has 7 heteroatoms. The lowest BCUT2D eigenvalue weighted by molar-refractivity contribution is -0.116. The zero-order valence-corrected chi connectivity index (χ0v) is 19.0. The van der Waals surface area contributed by atoms with E-state index in [-0.39, 0.29) is 12.3 Å². The first-order valence-electron chi connectivity index (χ1n) is 10.4. The summed E-state index contributed by atoms with van der Waals surface area (Å²) in [5.74, 6) is 0.734. The van der Waals surface area contributed by atoms with Crippen molar-refractivity contribution in [2.24, 2.45) is 0 Å². The van der Waals surface area contributed by atoms with Crippen molar-refractivity contribution in [3.8, 4) is 5.75 Å². The highest BCUT2D eigenvalue weighted by molar-refractivity contribution is 7.53. The van der Waals surface area contributed by atoms with Crippen LogP contribution in [0.5, 0.6) is 5.75 Å². The van der Waals surface area contributed by atoms with Crippen LogP contribution in [-0.4, -0.2) is 25.5 Å². The molecule has 1 aliphatic heterocycles. The molecule has 0 saturated heterocycles. The molecule has 0 aromatic heterocycles. The zero-order valence-electron chi connectivity index (χ0n) is 18.1. The predicted octanol–water partition coefficient (Wildman–Crippen LogP) is 5.38. The van der Waals surface area contributed by atoms with Gasteiger partial charge in [0.25, 0.3) is 0 Å². The van der Waals surface area contributed by atoms with Crippen LogP contribution in [-0.2, 0) is 31.2 Å². The predicted molar refractivity (Wildman–Crippen MR) is 118 cm³/mol. The molecule has 0 radical (unpaired) electrons. The molecule has 0 saturated carbocycles. The lowest BCUT2D eigenvalue weighted by Crippen LogP contribution is -2.19. The molecule has 0 atom stereocenters. The SMILES string of the molecule is CCOP(=O)(COc1cc(C)c(Cc2ccc3c(c2)CCC(=O)N3)c(C)c1)OCC. The van der Waals surface area contributed by atoms with Crippen LogP contribution < -0.4 is 10.1 Å². The fraction of sp³-hybridized carbons (Fsp3) is 0.435. The van der Waals surface area contributed by atoms with Crippen molar-refractivity contribution in [1.82, 2.24) is 0 Å². The zero-order chi connectivity index (χ0) is 21.7. The van der Waals surface area contributed by atoms with Crippen LogP contribution in [0.15, 0.2) is 30.3 Å². The quantitative estimate of drug-likeness (QED) is 0.540. The molecule has 0 fully saturated rings. The van der Waals surface area contributed by atoms with E-state index in [1.54, 1.807) is 13.8 Å². The Morgan fingerprint density at radius 2 is 1.67 bits per heavy atom. The first kappa shape index (κ1) is 22.5. The standard InChI is InChI=1S/C23H30NO5P/c1-5-28-30(26,29-6-2)15-27-20-11-16(3)21(17(4)12-20)14-18-7-9-22-19(13-18)8-10-23(25)24-22/h7,9,11-13H,5-6,8,10,14-15H2,1-4H3,(H,24,25). The van der Waals surface area contributed by atoms with E-state index in [0.29, 0.717) is 25.4 Å². The summed E-state index contributed by atoms with van der Waals surface area (Å²) in [5, 5.41) is 2.93. The number of benzene rings is 2. The number of anilines is 1. The van der Waals surface area contributed by atoms with E-state index in [9.17, 15) is 9.36 Å². The van der Waals surface area contributed by atoms with Crippen molar-refractivity contribution in [3.63, 3.8) is 0 Å². The summed E-state index contributed by atoms with van der Waals surface area (Å²) in [6.45, 7) is 8.29. The smallest absolute Gasteiger partial charge is 0.367 e. The van der Waals surface area contributed by atoms with Crippen molar-refractivity contribution in [3.05, 3.63) is 58.1 Å². The molecule has 2 aromatic carbocycles. The van der Waals surface area contributed by atoms with Gasteiger partial charge in [0.2, 0.25) is 5.91 Å². The molecule has 0 spiro atoms. The molecule has 3 rings (SSSR count). The molecule has 6 nitrogen and oxygen atoms in total. The summed E-state index contributed by atoms with van der Waals surface area (Å²) in [6.07, 6.45) is 2.01. The molecule has 1 aliphatic rings. The summed E-state index contributed by atoms with van der Waals surface area (Å²) in [4.78, 5) is 11.6. The van der Waals surface area contributed by atoms with Gasteiger partial charge in [0.1, 0.15) is 5.75 Å². The molecule has 2 aromatic rings. The number of nitrogens with one attached hydrogen (secondary N) is 1. The Morgan fingerprint density at radius 3 is 2.30 bits per heavy atom. The lowest BCUT2D eigenvalue weighted by Gasteiger charge is -2.20. The first-order chi connectivity index (χ1) is 14.3. The summed E-state index contributed by atoms with van der Waals surface area (Å²) in [6, 6.07) is 10.2. The maximum Gasteiger partial charge on any atom is 0.367 e. The number of fused-ring (bicyclic) bond motifs is 1. The van der Waals surface area contributed by atoms with Gasteiger partial charge in [-0.1, -0.05) is 12.1 Å². The summed E-state index contributed by atoms with van der Waals surface area (Å²) >= 11 is 0. The molecule has 1 amide bonds. The number of amides is 1. The highest BCUT2D eigenvalue weighted by atomic mass is 31.2. The summed E-state index contributed by atoms with van der Waals surface area (Å²) in [5.41, 5.74) is 6.77. The third-order valence-corrected chi connectivity index (χ3v) is 6.91. The van der Waals surface area contributed by atoms with Crippen LogP contribution in [0.1, 0.15) is 48.1 Å². The van der Waals surface area contributed by atoms with E-state index in [1.165, 1.54) is 16.7 Å². The van der Waals surface area contributed by atoms with Crippen LogP contribution in [0.2, 0.25) is 0 Å². The second-order valence-corrected chi connectivity index (χ2v) is 9.47. The van der Waals surface area contributed by atoms with E-state index in [0.717, 1.165) is 29.7 Å². The largest absolute Gasteiger partial charge is 0.481 e. The van der Waals surface area contributed by atoms with Gasteiger partial charge in [-0.25, -0.2) is 0 Å². The average molecular weight is 431 g/mol. The third kappa shape index (κ3) is 5.51. The van der Waals surface area contributed by atoms with Gasteiger partial charge >= 0.3 is 7.60 Å². The molecule has 0 bridgehead atoms. The minimum absolute atomic E-state index is 0.0794. The van der Waals surface area contributed by atoms with Crippen molar-refractivity contribution >= 4 is 19.2 Å². The molecule has 162 valence electrons. The monoisotopic (exact) mass is 431 g/mol. The van der Waals surface area contributed by atoms with E-state index in [2.05, 4.69) is 31.3 Å². The summed E-state index contributed by atoms with van der Waals surface area (Å²) < 4.78 is 29.0.